The summed E-state index contributed by atoms with van der Waals surface area (Å²) >= 11 is 6.18. The molecule has 172 valence electrons. The highest BCUT2D eigenvalue weighted by molar-refractivity contribution is 6.27. The summed E-state index contributed by atoms with van der Waals surface area (Å²) < 4.78 is 80.3. The molecule has 2 heterocycles. The van der Waals surface area contributed by atoms with E-state index in [9.17, 15) is 26.7 Å². The number of hydrogen-bond acceptors (Lipinski definition) is 5. The summed E-state index contributed by atoms with van der Waals surface area (Å²) in [5.74, 6) is -3.21. The van der Waals surface area contributed by atoms with Crippen molar-refractivity contribution in [1.82, 2.24) is 14.9 Å². The highest BCUT2D eigenvalue weighted by Gasteiger charge is 2.42. The number of carbonyl (C=O) groups excluding carboxylic acids is 1. The Hall–Kier alpha value is -3.47. The second-order valence-electron chi connectivity index (χ2n) is 6.89. The van der Waals surface area contributed by atoms with Crippen molar-refractivity contribution in [2.75, 3.05) is 7.11 Å². The lowest BCUT2D eigenvalue weighted by Gasteiger charge is -2.15. The van der Waals surface area contributed by atoms with Crippen molar-refractivity contribution < 1.29 is 36.0 Å². The number of benzene rings is 1. The first-order valence-electron chi connectivity index (χ1n) is 9.33. The summed E-state index contributed by atoms with van der Waals surface area (Å²) in [5.41, 5.74) is -3.18. The molecule has 0 radical (unpaired) electrons. The lowest BCUT2D eigenvalue weighted by Crippen LogP contribution is -2.15. The Bertz CT molecular complexity index is 1280. The zero-order valence-electron chi connectivity index (χ0n) is 16.7. The Morgan fingerprint density at radius 3 is 2.55 bits per heavy atom. The number of rotatable bonds is 4. The molecule has 0 saturated heterocycles. The first-order chi connectivity index (χ1) is 15.6. The Morgan fingerprint density at radius 1 is 1.24 bits per heavy atom. The Labute approximate surface area is 187 Å². The molecule has 1 aromatic carbocycles. The smallest absolute Gasteiger partial charge is 0.434 e. The van der Waals surface area contributed by atoms with E-state index in [4.69, 9.17) is 20.9 Å². The molecule has 4 rings (SSSR count). The van der Waals surface area contributed by atoms with Gasteiger partial charge >= 0.3 is 12.1 Å². The van der Waals surface area contributed by atoms with Crippen LogP contribution in [-0.4, -0.2) is 33.4 Å². The minimum atomic E-state index is -4.98. The Morgan fingerprint density at radius 2 is 1.94 bits per heavy atom. The summed E-state index contributed by atoms with van der Waals surface area (Å²) in [6, 6.07) is 4.13. The van der Waals surface area contributed by atoms with Gasteiger partial charge in [0.05, 0.1) is 29.9 Å². The van der Waals surface area contributed by atoms with E-state index in [-0.39, 0.29) is 23.4 Å². The Kier molecular flexibility index (Phi) is 5.83. The molecule has 0 N–H and O–H groups in total. The van der Waals surface area contributed by atoms with Gasteiger partial charge < -0.3 is 9.26 Å². The van der Waals surface area contributed by atoms with Crippen molar-refractivity contribution in [1.29, 1.82) is 0 Å². The standard InChI is InChI=1S/C21H13ClF5N3O3/c1-32-20(31)16-17(15-13(22)3-2-4-14(15)24)29-33-18(16)12-9-28-30(19(12)21(25,26)27)11-7-5-10(23)6-8-11/h2,4-9,13H,3H2,1H3. The predicted molar refractivity (Wildman–Crippen MR) is 107 cm³/mol. The van der Waals surface area contributed by atoms with Crippen molar-refractivity contribution in [2.45, 2.75) is 18.0 Å². The highest BCUT2D eigenvalue weighted by Crippen LogP contribution is 2.43. The number of aromatic nitrogens is 3. The molecule has 6 nitrogen and oxygen atoms in total. The summed E-state index contributed by atoms with van der Waals surface area (Å²) in [4.78, 5) is 12.5. The molecule has 0 saturated carbocycles. The molecule has 1 aliphatic carbocycles. The van der Waals surface area contributed by atoms with Crippen molar-refractivity contribution >= 4 is 23.1 Å². The summed E-state index contributed by atoms with van der Waals surface area (Å²) in [6.07, 6.45) is -1.40. The normalized spacial score (nSPS) is 16.4. The molecule has 0 amide bonds. The molecule has 0 aliphatic heterocycles. The van der Waals surface area contributed by atoms with Crippen LogP contribution in [0.3, 0.4) is 0 Å². The third kappa shape index (κ3) is 4.04. The van der Waals surface area contributed by atoms with Gasteiger partial charge in [0.15, 0.2) is 11.5 Å². The molecule has 33 heavy (non-hydrogen) atoms. The summed E-state index contributed by atoms with van der Waals surface area (Å²) in [6.45, 7) is 0. The fourth-order valence-corrected chi connectivity index (χ4v) is 3.73. The number of hydrogen-bond donors (Lipinski definition) is 0. The molecule has 1 atom stereocenters. The second kappa shape index (κ2) is 8.47. The topological polar surface area (TPSA) is 70.2 Å². The molecule has 1 unspecified atom stereocenters. The lowest BCUT2D eigenvalue weighted by atomic mass is 9.95. The number of carbonyl (C=O) groups is 1. The number of methoxy groups -OCH3 is 1. The van der Waals surface area contributed by atoms with Gasteiger partial charge in [-0.1, -0.05) is 11.2 Å². The average Bonchev–Trinajstić information content (AvgIpc) is 3.38. The third-order valence-corrected chi connectivity index (χ3v) is 5.26. The first kappa shape index (κ1) is 22.7. The van der Waals surface area contributed by atoms with E-state index in [1.807, 2.05) is 0 Å². The minimum Gasteiger partial charge on any atom is -0.465 e. The van der Waals surface area contributed by atoms with E-state index >= 15 is 0 Å². The summed E-state index contributed by atoms with van der Waals surface area (Å²) in [7, 11) is 0.999. The molecular formula is C21H13ClF5N3O3. The van der Waals surface area contributed by atoms with E-state index in [0.717, 1.165) is 43.6 Å². The quantitative estimate of drug-likeness (QED) is 0.268. The van der Waals surface area contributed by atoms with Crippen molar-refractivity contribution in [3.05, 3.63) is 71.2 Å². The number of allylic oxidation sites excluding steroid dienone is 4. The van der Waals surface area contributed by atoms with Gasteiger partial charge in [-0.2, -0.15) is 18.3 Å². The summed E-state index contributed by atoms with van der Waals surface area (Å²) in [5, 5.41) is 6.46. The first-order valence-corrected chi connectivity index (χ1v) is 9.77. The number of esters is 1. The monoisotopic (exact) mass is 485 g/mol. The van der Waals surface area contributed by atoms with Crippen LogP contribution in [-0.2, 0) is 10.9 Å². The van der Waals surface area contributed by atoms with E-state index in [0.29, 0.717) is 4.68 Å². The van der Waals surface area contributed by atoms with Crippen LogP contribution in [0.1, 0.15) is 28.2 Å². The molecule has 2 aromatic heterocycles. The zero-order chi connectivity index (χ0) is 23.9. The lowest BCUT2D eigenvalue weighted by molar-refractivity contribution is -0.142. The van der Waals surface area contributed by atoms with Crippen LogP contribution in [0.15, 0.2) is 53.0 Å². The van der Waals surface area contributed by atoms with Crippen molar-refractivity contribution in [2.24, 2.45) is 0 Å². The van der Waals surface area contributed by atoms with E-state index in [1.54, 1.807) is 0 Å². The predicted octanol–water partition coefficient (Wildman–Crippen LogP) is 5.72. The molecule has 0 spiro atoms. The maximum absolute atomic E-state index is 14.5. The van der Waals surface area contributed by atoms with Crippen LogP contribution in [0.25, 0.3) is 22.6 Å². The molecule has 12 heteroatoms. The van der Waals surface area contributed by atoms with E-state index in [2.05, 4.69) is 10.3 Å². The SMILES string of the molecule is COC(=O)c1c(C2=C(F)C=CCC2Cl)noc1-c1cnn(-c2ccc(F)cc2)c1C(F)(F)F. The Balaban J connectivity index is 1.97. The number of nitrogens with zero attached hydrogens (tertiary/aromatic N) is 3. The maximum atomic E-state index is 14.5. The van der Waals surface area contributed by atoms with Gasteiger partial charge in [0.1, 0.15) is 22.9 Å². The maximum Gasteiger partial charge on any atom is 0.434 e. The van der Waals surface area contributed by atoms with Gasteiger partial charge in [-0.15, -0.1) is 11.6 Å². The van der Waals surface area contributed by atoms with Gasteiger partial charge in [0.25, 0.3) is 0 Å². The third-order valence-electron chi connectivity index (χ3n) is 4.87. The number of halogens is 6. The zero-order valence-corrected chi connectivity index (χ0v) is 17.4. The fourth-order valence-electron chi connectivity index (χ4n) is 3.42. The van der Waals surface area contributed by atoms with Crippen LogP contribution >= 0.6 is 11.6 Å². The molecule has 3 aromatic rings. The van der Waals surface area contributed by atoms with Crippen molar-refractivity contribution in [3.63, 3.8) is 0 Å². The van der Waals surface area contributed by atoms with E-state index < -0.39 is 51.7 Å². The van der Waals surface area contributed by atoms with Gasteiger partial charge in [-0.25, -0.2) is 18.3 Å². The van der Waals surface area contributed by atoms with Crippen LogP contribution in [0.4, 0.5) is 22.0 Å². The fraction of sp³-hybridized carbons (Fsp3) is 0.190. The van der Waals surface area contributed by atoms with Gasteiger partial charge in [0.2, 0.25) is 0 Å². The number of ether oxygens (including phenoxy) is 1. The number of alkyl halides is 4. The molecular weight excluding hydrogens is 473 g/mol. The van der Waals surface area contributed by atoms with Gasteiger partial charge in [0, 0.05) is 5.57 Å². The largest absolute Gasteiger partial charge is 0.465 e. The van der Waals surface area contributed by atoms with Crippen LogP contribution < -0.4 is 0 Å². The van der Waals surface area contributed by atoms with Crippen LogP contribution in [0.5, 0.6) is 0 Å². The molecule has 0 fully saturated rings. The second-order valence-corrected chi connectivity index (χ2v) is 7.41. The van der Waals surface area contributed by atoms with Crippen LogP contribution in [0, 0.1) is 5.82 Å². The van der Waals surface area contributed by atoms with Gasteiger partial charge in [-0.05, 0) is 36.8 Å². The van der Waals surface area contributed by atoms with Gasteiger partial charge in [-0.3, -0.25) is 0 Å². The highest BCUT2D eigenvalue weighted by atomic mass is 35.5. The average molecular weight is 486 g/mol. The molecule has 1 aliphatic rings. The molecule has 0 bridgehead atoms. The minimum absolute atomic E-state index is 0.0960. The van der Waals surface area contributed by atoms with Crippen LogP contribution in [0.2, 0.25) is 0 Å². The van der Waals surface area contributed by atoms with Crippen molar-refractivity contribution in [3.8, 4) is 17.0 Å². The van der Waals surface area contributed by atoms with E-state index in [1.165, 1.54) is 6.08 Å².